The summed E-state index contributed by atoms with van der Waals surface area (Å²) in [6.45, 7) is 2.60. The second kappa shape index (κ2) is 5.80. The van der Waals surface area contributed by atoms with E-state index in [1.165, 1.54) is 18.4 Å². The Morgan fingerprint density at radius 1 is 1.06 bits per heavy atom. The molecule has 16 heavy (non-hydrogen) atoms. The highest BCUT2D eigenvalue weighted by Gasteiger charge is 2.13. The molecular weight excluding hydrogens is 198 g/mol. The van der Waals surface area contributed by atoms with Crippen molar-refractivity contribution in [2.24, 2.45) is 0 Å². The van der Waals surface area contributed by atoms with Crippen molar-refractivity contribution < 1.29 is 4.79 Å². The lowest BCUT2D eigenvalue weighted by Gasteiger charge is -2.23. The Kier molecular flexibility index (Phi) is 4.11. The van der Waals surface area contributed by atoms with Gasteiger partial charge in [0.05, 0.1) is 6.54 Å². The predicted octanol–water partition coefficient (Wildman–Crippen LogP) is 2.63. The highest BCUT2D eigenvalue weighted by molar-refractivity contribution is 5.80. The zero-order chi connectivity index (χ0) is 11.2. The molecule has 2 nitrogen and oxygen atoms in total. The van der Waals surface area contributed by atoms with Crippen LogP contribution in [0.2, 0.25) is 0 Å². The molecule has 1 aliphatic heterocycles. The molecule has 0 aromatic heterocycles. The summed E-state index contributed by atoms with van der Waals surface area (Å²) in [5, 5.41) is 0. The van der Waals surface area contributed by atoms with Gasteiger partial charge in [-0.3, -0.25) is 9.69 Å². The summed E-state index contributed by atoms with van der Waals surface area (Å²) in [7, 11) is 0. The van der Waals surface area contributed by atoms with E-state index < -0.39 is 0 Å². The van der Waals surface area contributed by atoms with Gasteiger partial charge in [0, 0.05) is 13.0 Å². The Bertz CT molecular complexity index is 334. The van der Waals surface area contributed by atoms with Crippen LogP contribution in [0.1, 0.15) is 31.2 Å². The number of rotatable bonds is 2. The van der Waals surface area contributed by atoms with Gasteiger partial charge >= 0.3 is 0 Å². The molecule has 0 radical (unpaired) electrons. The number of hydrogen-bond acceptors (Lipinski definition) is 2. The fourth-order valence-electron chi connectivity index (χ4n) is 2.22. The average Bonchev–Trinajstić information content (AvgIpc) is 2.27. The Morgan fingerprint density at radius 3 is 2.69 bits per heavy atom. The highest BCUT2D eigenvalue weighted by Crippen LogP contribution is 2.11. The first-order chi connectivity index (χ1) is 7.84. The molecule has 1 aromatic rings. The number of carbonyl (C=O) groups excluding carboxylic acids is 1. The van der Waals surface area contributed by atoms with Crippen molar-refractivity contribution in [2.75, 3.05) is 13.1 Å². The molecule has 0 aliphatic carbocycles. The summed E-state index contributed by atoms with van der Waals surface area (Å²) < 4.78 is 0. The van der Waals surface area contributed by atoms with Gasteiger partial charge in [0.15, 0.2) is 0 Å². The van der Waals surface area contributed by atoms with Gasteiger partial charge < -0.3 is 0 Å². The molecule has 1 heterocycles. The number of likely N-dealkylation sites (tertiary alicyclic amines) is 1. The summed E-state index contributed by atoms with van der Waals surface area (Å²) in [4.78, 5) is 13.9. The molecule has 1 saturated heterocycles. The summed E-state index contributed by atoms with van der Waals surface area (Å²) in [6.07, 6.45) is 4.26. The second-order valence-electron chi connectivity index (χ2n) is 4.55. The van der Waals surface area contributed by atoms with Gasteiger partial charge in [-0.25, -0.2) is 0 Å². The van der Waals surface area contributed by atoms with Crippen molar-refractivity contribution in [2.45, 2.75) is 32.2 Å². The van der Waals surface area contributed by atoms with E-state index in [0.29, 0.717) is 12.3 Å². The standard InChI is InChI=1S/C14H19NO/c16-14-9-5-2-6-10-15(12-14)11-13-7-3-1-4-8-13/h1,3-4,7-8H,2,5-6,9-12H2. The Labute approximate surface area is 97.3 Å². The molecular formula is C14H19NO. The fourth-order valence-corrected chi connectivity index (χ4v) is 2.22. The molecule has 0 unspecified atom stereocenters. The van der Waals surface area contributed by atoms with Crippen molar-refractivity contribution in [1.82, 2.24) is 4.90 Å². The lowest BCUT2D eigenvalue weighted by molar-refractivity contribution is -0.120. The molecule has 2 heteroatoms. The molecule has 0 amide bonds. The van der Waals surface area contributed by atoms with Gasteiger partial charge in [-0.15, -0.1) is 0 Å². The minimum Gasteiger partial charge on any atom is -0.298 e. The van der Waals surface area contributed by atoms with Gasteiger partial charge in [-0.1, -0.05) is 36.8 Å². The summed E-state index contributed by atoms with van der Waals surface area (Å²) >= 11 is 0. The first-order valence-electron chi connectivity index (χ1n) is 6.12. The first-order valence-corrected chi connectivity index (χ1v) is 6.12. The molecule has 0 bridgehead atoms. The molecule has 1 aliphatic rings. The largest absolute Gasteiger partial charge is 0.298 e. The van der Waals surface area contributed by atoms with Crippen LogP contribution in [-0.4, -0.2) is 23.8 Å². The SMILES string of the molecule is O=C1CCCCCN(Cc2ccccc2)C1. The number of hydrogen-bond donors (Lipinski definition) is 0. The van der Waals surface area contributed by atoms with Gasteiger partial charge in [0.25, 0.3) is 0 Å². The maximum absolute atomic E-state index is 11.6. The zero-order valence-electron chi connectivity index (χ0n) is 9.69. The van der Waals surface area contributed by atoms with Gasteiger partial charge in [-0.05, 0) is 24.9 Å². The molecule has 2 rings (SSSR count). The van der Waals surface area contributed by atoms with Crippen molar-refractivity contribution in [3.8, 4) is 0 Å². The van der Waals surface area contributed by atoms with E-state index in [2.05, 4.69) is 29.2 Å². The monoisotopic (exact) mass is 217 g/mol. The number of benzene rings is 1. The van der Waals surface area contributed by atoms with Gasteiger partial charge in [-0.2, -0.15) is 0 Å². The highest BCUT2D eigenvalue weighted by atomic mass is 16.1. The fraction of sp³-hybridized carbons (Fsp3) is 0.500. The second-order valence-corrected chi connectivity index (χ2v) is 4.55. The Balaban J connectivity index is 1.94. The van der Waals surface area contributed by atoms with E-state index in [4.69, 9.17) is 0 Å². The quantitative estimate of drug-likeness (QED) is 0.759. The smallest absolute Gasteiger partial charge is 0.146 e. The molecule has 1 fully saturated rings. The first kappa shape index (κ1) is 11.3. The van der Waals surface area contributed by atoms with E-state index in [-0.39, 0.29) is 0 Å². The minimum atomic E-state index is 0.399. The number of carbonyl (C=O) groups is 1. The van der Waals surface area contributed by atoms with Crippen LogP contribution in [0.5, 0.6) is 0 Å². The topological polar surface area (TPSA) is 20.3 Å². The third kappa shape index (κ3) is 3.46. The maximum atomic E-state index is 11.6. The maximum Gasteiger partial charge on any atom is 0.146 e. The van der Waals surface area contributed by atoms with Crippen LogP contribution < -0.4 is 0 Å². The Hall–Kier alpha value is -1.15. The average molecular weight is 217 g/mol. The van der Waals surface area contributed by atoms with Crippen LogP contribution in [0.4, 0.5) is 0 Å². The third-order valence-corrected chi connectivity index (χ3v) is 3.08. The van der Waals surface area contributed by atoms with Crippen molar-refractivity contribution in [3.05, 3.63) is 35.9 Å². The van der Waals surface area contributed by atoms with Crippen LogP contribution in [-0.2, 0) is 11.3 Å². The summed E-state index contributed by atoms with van der Waals surface area (Å²) in [5.41, 5.74) is 1.30. The molecule has 86 valence electrons. The van der Waals surface area contributed by atoms with E-state index in [0.717, 1.165) is 25.9 Å². The van der Waals surface area contributed by atoms with E-state index >= 15 is 0 Å². The predicted molar refractivity (Wildman–Crippen MR) is 65.2 cm³/mol. The Morgan fingerprint density at radius 2 is 1.88 bits per heavy atom. The lowest BCUT2D eigenvalue weighted by atomic mass is 10.1. The summed E-state index contributed by atoms with van der Waals surface area (Å²) in [6, 6.07) is 10.4. The van der Waals surface area contributed by atoms with E-state index in [1.54, 1.807) is 0 Å². The van der Waals surface area contributed by atoms with Crippen molar-refractivity contribution >= 4 is 5.78 Å². The lowest BCUT2D eigenvalue weighted by Crippen LogP contribution is -2.31. The van der Waals surface area contributed by atoms with Crippen LogP contribution >= 0.6 is 0 Å². The number of ketones is 1. The number of nitrogens with zero attached hydrogens (tertiary/aromatic N) is 1. The number of Topliss-reactive ketones (excluding diaryl/α,β-unsaturated/α-hetero) is 1. The van der Waals surface area contributed by atoms with E-state index in [9.17, 15) is 4.79 Å². The van der Waals surface area contributed by atoms with Crippen LogP contribution in [0, 0.1) is 0 Å². The van der Waals surface area contributed by atoms with Gasteiger partial charge in [0.2, 0.25) is 0 Å². The van der Waals surface area contributed by atoms with Crippen molar-refractivity contribution in [3.63, 3.8) is 0 Å². The van der Waals surface area contributed by atoms with Crippen LogP contribution in [0.3, 0.4) is 0 Å². The third-order valence-electron chi connectivity index (χ3n) is 3.08. The van der Waals surface area contributed by atoms with Crippen LogP contribution in [0.25, 0.3) is 0 Å². The van der Waals surface area contributed by atoms with Gasteiger partial charge in [0.1, 0.15) is 5.78 Å². The van der Waals surface area contributed by atoms with E-state index in [1.807, 2.05) is 6.07 Å². The molecule has 0 saturated carbocycles. The molecule has 1 aromatic carbocycles. The molecule has 0 N–H and O–H groups in total. The van der Waals surface area contributed by atoms with Crippen molar-refractivity contribution in [1.29, 1.82) is 0 Å². The molecule has 0 atom stereocenters. The van der Waals surface area contributed by atoms with Crippen LogP contribution in [0.15, 0.2) is 30.3 Å². The normalized spacial score (nSPS) is 19.1. The minimum absolute atomic E-state index is 0.399. The zero-order valence-corrected chi connectivity index (χ0v) is 9.69. The molecule has 0 spiro atoms. The summed E-state index contributed by atoms with van der Waals surface area (Å²) in [5.74, 6) is 0.399.